The lowest BCUT2D eigenvalue weighted by Crippen LogP contribution is -2.15. The van der Waals surface area contributed by atoms with Gasteiger partial charge in [0.2, 0.25) is 0 Å². The van der Waals surface area contributed by atoms with Crippen molar-refractivity contribution in [2.75, 3.05) is 6.61 Å². The smallest absolute Gasteiger partial charge is 0.159 e. The molecule has 0 aliphatic heterocycles. The van der Waals surface area contributed by atoms with Crippen LogP contribution in [0.4, 0.5) is 0 Å². The summed E-state index contributed by atoms with van der Waals surface area (Å²) in [6.45, 7) is 5.30. The fourth-order valence-corrected chi connectivity index (χ4v) is 4.74. The summed E-state index contributed by atoms with van der Waals surface area (Å²) in [6, 6.07) is 8.17. The summed E-state index contributed by atoms with van der Waals surface area (Å²) in [4.78, 5) is 9.26. The van der Waals surface area contributed by atoms with Crippen LogP contribution in [0.15, 0.2) is 36.7 Å². The largest absolute Gasteiger partial charge is 0.494 e. The molecule has 1 aromatic heterocycles. The van der Waals surface area contributed by atoms with Gasteiger partial charge in [-0.15, -0.1) is 0 Å². The summed E-state index contributed by atoms with van der Waals surface area (Å²) in [5.74, 6) is 3.62. The Bertz CT molecular complexity index is 718. The molecular formula is C28H42N2O. The van der Waals surface area contributed by atoms with Gasteiger partial charge in [0.15, 0.2) is 5.82 Å². The molecule has 3 rings (SSSR count). The molecule has 1 aliphatic carbocycles. The minimum atomic E-state index is 0.791. The van der Waals surface area contributed by atoms with E-state index in [0.717, 1.165) is 48.4 Å². The number of rotatable bonds is 13. The van der Waals surface area contributed by atoms with Crippen molar-refractivity contribution >= 4 is 0 Å². The van der Waals surface area contributed by atoms with E-state index in [1.165, 1.54) is 76.2 Å². The maximum absolute atomic E-state index is 5.80. The van der Waals surface area contributed by atoms with Gasteiger partial charge in [-0.05, 0) is 60.9 Å². The molecule has 170 valence electrons. The number of unbranched alkanes of at least 4 members (excludes halogenated alkanes) is 4. The van der Waals surface area contributed by atoms with E-state index in [1.54, 1.807) is 0 Å². The molecule has 0 atom stereocenters. The molecule has 1 saturated carbocycles. The summed E-state index contributed by atoms with van der Waals surface area (Å²) in [7, 11) is 0. The van der Waals surface area contributed by atoms with E-state index >= 15 is 0 Å². The van der Waals surface area contributed by atoms with Crippen LogP contribution in [0, 0.1) is 11.8 Å². The van der Waals surface area contributed by atoms with Crippen molar-refractivity contribution in [3.8, 4) is 17.1 Å². The highest BCUT2D eigenvalue weighted by Crippen LogP contribution is 2.34. The summed E-state index contributed by atoms with van der Waals surface area (Å²) in [6.07, 6.45) is 21.4. The van der Waals surface area contributed by atoms with Crippen molar-refractivity contribution < 1.29 is 4.74 Å². The van der Waals surface area contributed by atoms with Crippen molar-refractivity contribution in [2.24, 2.45) is 11.8 Å². The van der Waals surface area contributed by atoms with Crippen molar-refractivity contribution in [2.45, 2.75) is 97.3 Å². The van der Waals surface area contributed by atoms with E-state index in [4.69, 9.17) is 4.74 Å². The highest BCUT2D eigenvalue weighted by molar-refractivity contribution is 5.55. The Morgan fingerprint density at radius 1 is 0.774 bits per heavy atom. The fourth-order valence-electron chi connectivity index (χ4n) is 4.74. The van der Waals surface area contributed by atoms with Crippen LogP contribution in [0.25, 0.3) is 11.4 Å². The van der Waals surface area contributed by atoms with Gasteiger partial charge in [0.05, 0.1) is 6.61 Å². The van der Waals surface area contributed by atoms with E-state index in [9.17, 15) is 0 Å². The third kappa shape index (κ3) is 8.27. The van der Waals surface area contributed by atoms with Crippen LogP contribution in [0.2, 0.25) is 0 Å². The molecule has 1 aromatic carbocycles. The van der Waals surface area contributed by atoms with Gasteiger partial charge in [0.25, 0.3) is 0 Å². The number of hydrogen-bond donors (Lipinski definition) is 0. The minimum Gasteiger partial charge on any atom is -0.494 e. The standard InChI is InChI=1S/C28H42N2O/c1-3-5-7-9-23-10-12-24(13-11-23)14-15-25-21-29-28(30-22-25)26-16-18-27(19-17-26)31-20-8-6-4-2/h16-19,21-24H,3-15,20H2,1-2H3/t23-,24-. The molecule has 0 unspecified atom stereocenters. The first-order chi connectivity index (χ1) is 15.3. The molecule has 3 heteroatoms. The van der Waals surface area contributed by atoms with Crippen LogP contribution in [0.5, 0.6) is 5.75 Å². The Hall–Kier alpha value is -1.90. The SMILES string of the molecule is CCCCCOc1ccc(-c2ncc(CC[C@H]3CC[C@H](CCCCC)CC3)cn2)cc1. The van der Waals surface area contributed by atoms with Gasteiger partial charge in [0, 0.05) is 18.0 Å². The number of aromatic nitrogens is 2. The minimum absolute atomic E-state index is 0.791. The Labute approximate surface area is 190 Å². The zero-order valence-electron chi connectivity index (χ0n) is 19.8. The number of aryl methyl sites for hydroxylation is 1. The van der Waals surface area contributed by atoms with E-state index in [2.05, 4.69) is 35.9 Å². The van der Waals surface area contributed by atoms with Crippen LogP contribution in [-0.4, -0.2) is 16.6 Å². The Morgan fingerprint density at radius 3 is 2.03 bits per heavy atom. The molecule has 1 fully saturated rings. The van der Waals surface area contributed by atoms with Crippen LogP contribution in [-0.2, 0) is 6.42 Å². The number of hydrogen-bond acceptors (Lipinski definition) is 3. The predicted molar refractivity (Wildman–Crippen MR) is 130 cm³/mol. The number of nitrogens with zero attached hydrogens (tertiary/aromatic N) is 2. The zero-order valence-corrected chi connectivity index (χ0v) is 19.8. The first-order valence-corrected chi connectivity index (χ1v) is 12.8. The summed E-state index contributed by atoms with van der Waals surface area (Å²) in [5.41, 5.74) is 2.32. The van der Waals surface area contributed by atoms with Gasteiger partial charge in [-0.1, -0.05) is 78.1 Å². The molecule has 0 spiro atoms. The third-order valence-corrected chi connectivity index (χ3v) is 6.86. The maximum atomic E-state index is 5.80. The molecule has 0 bridgehead atoms. The van der Waals surface area contributed by atoms with Gasteiger partial charge in [-0.2, -0.15) is 0 Å². The van der Waals surface area contributed by atoms with Crippen molar-refractivity contribution in [3.05, 3.63) is 42.2 Å². The molecule has 0 radical (unpaired) electrons. The normalized spacial score (nSPS) is 18.8. The zero-order chi connectivity index (χ0) is 21.7. The Balaban J connectivity index is 1.39. The monoisotopic (exact) mass is 422 g/mol. The molecule has 1 aliphatic rings. The second kappa shape index (κ2) is 13.5. The van der Waals surface area contributed by atoms with Crippen LogP contribution >= 0.6 is 0 Å². The average molecular weight is 423 g/mol. The second-order valence-electron chi connectivity index (χ2n) is 9.42. The topological polar surface area (TPSA) is 35.0 Å². The van der Waals surface area contributed by atoms with Gasteiger partial charge >= 0.3 is 0 Å². The molecular weight excluding hydrogens is 380 g/mol. The molecule has 31 heavy (non-hydrogen) atoms. The quantitative estimate of drug-likeness (QED) is 0.306. The molecule has 0 saturated heterocycles. The van der Waals surface area contributed by atoms with E-state index < -0.39 is 0 Å². The van der Waals surface area contributed by atoms with E-state index in [-0.39, 0.29) is 0 Å². The highest BCUT2D eigenvalue weighted by Gasteiger charge is 2.20. The molecule has 3 nitrogen and oxygen atoms in total. The molecule has 1 heterocycles. The maximum Gasteiger partial charge on any atom is 0.159 e. The summed E-state index contributed by atoms with van der Waals surface area (Å²) < 4.78 is 5.80. The van der Waals surface area contributed by atoms with Crippen LogP contribution in [0.1, 0.15) is 96.5 Å². The van der Waals surface area contributed by atoms with Gasteiger partial charge in [-0.3, -0.25) is 0 Å². The predicted octanol–water partition coefficient (Wildman–Crippen LogP) is 8.03. The molecule has 0 amide bonds. The van der Waals surface area contributed by atoms with Crippen molar-refractivity contribution in [3.63, 3.8) is 0 Å². The summed E-state index contributed by atoms with van der Waals surface area (Å²) in [5, 5.41) is 0. The molecule has 0 N–H and O–H groups in total. The lowest BCUT2D eigenvalue weighted by atomic mass is 9.78. The third-order valence-electron chi connectivity index (χ3n) is 6.86. The average Bonchev–Trinajstić information content (AvgIpc) is 2.82. The second-order valence-corrected chi connectivity index (χ2v) is 9.42. The van der Waals surface area contributed by atoms with E-state index in [1.807, 2.05) is 24.5 Å². The van der Waals surface area contributed by atoms with Gasteiger partial charge < -0.3 is 4.74 Å². The lowest BCUT2D eigenvalue weighted by molar-refractivity contribution is 0.249. The fraction of sp³-hybridized carbons (Fsp3) is 0.643. The van der Waals surface area contributed by atoms with Crippen molar-refractivity contribution in [1.29, 1.82) is 0 Å². The van der Waals surface area contributed by atoms with Crippen LogP contribution < -0.4 is 4.74 Å². The van der Waals surface area contributed by atoms with Gasteiger partial charge in [-0.25, -0.2) is 9.97 Å². The Morgan fingerprint density at radius 2 is 1.39 bits per heavy atom. The van der Waals surface area contributed by atoms with Crippen molar-refractivity contribution in [1.82, 2.24) is 9.97 Å². The number of benzene rings is 1. The lowest BCUT2D eigenvalue weighted by Gasteiger charge is -2.28. The Kier molecular flexibility index (Phi) is 10.3. The first kappa shape index (κ1) is 23.8. The van der Waals surface area contributed by atoms with Gasteiger partial charge in [0.1, 0.15) is 5.75 Å². The summed E-state index contributed by atoms with van der Waals surface area (Å²) >= 11 is 0. The first-order valence-electron chi connectivity index (χ1n) is 12.8. The highest BCUT2D eigenvalue weighted by atomic mass is 16.5. The van der Waals surface area contributed by atoms with Crippen LogP contribution in [0.3, 0.4) is 0 Å². The number of ether oxygens (including phenoxy) is 1. The van der Waals surface area contributed by atoms with E-state index in [0.29, 0.717) is 0 Å². The molecule has 2 aromatic rings.